The molecule has 0 radical (unpaired) electrons. The standard InChI is InChI=1S/C13H24O2/c1-10(2)12(7-6-11(3)14)8-9-13(4,5)15/h8-10,12,15H,6-7H2,1-5H3. The Balaban J connectivity index is 4.29. The SMILES string of the molecule is CC(=O)CCC(C=CC(C)(C)O)C(C)C. The van der Waals surface area contributed by atoms with Crippen molar-refractivity contribution in [3.8, 4) is 0 Å². The Morgan fingerprint density at radius 2 is 1.93 bits per heavy atom. The van der Waals surface area contributed by atoms with E-state index in [1.807, 2.05) is 12.2 Å². The number of aliphatic hydroxyl groups is 1. The number of carbonyl (C=O) groups excluding carboxylic acids is 1. The Bertz CT molecular complexity index is 221. The van der Waals surface area contributed by atoms with Crippen LogP contribution in [0.25, 0.3) is 0 Å². The number of hydrogen-bond acceptors (Lipinski definition) is 2. The predicted octanol–water partition coefficient (Wildman–Crippen LogP) is 2.95. The van der Waals surface area contributed by atoms with Crippen LogP contribution in [0.4, 0.5) is 0 Å². The van der Waals surface area contributed by atoms with Gasteiger partial charge in [-0.25, -0.2) is 0 Å². The monoisotopic (exact) mass is 212 g/mol. The molecule has 2 nitrogen and oxygen atoms in total. The van der Waals surface area contributed by atoms with E-state index in [0.29, 0.717) is 18.3 Å². The number of hydrogen-bond donors (Lipinski definition) is 1. The summed E-state index contributed by atoms with van der Waals surface area (Å²) in [6, 6.07) is 0. The minimum atomic E-state index is -0.761. The lowest BCUT2D eigenvalue weighted by Crippen LogP contribution is -2.16. The van der Waals surface area contributed by atoms with Gasteiger partial charge in [0.05, 0.1) is 5.60 Å². The third-order valence-electron chi connectivity index (χ3n) is 2.44. The van der Waals surface area contributed by atoms with E-state index in [1.54, 1.807) is 20.8 Å². The minimum Gasteiger partial charge on any atom is -0.386 e. The van der Waals surface area contributed by atoms with Gasteiger partial charge < -0.3 is 9.90 Å². The molecular formula is C13H24O2. The molecule has 0 aliphatic heterocycles. The lowest BCUT2D eigenvalue weighted by molar-refractivity contribution is -0.117. The predicted molar refractivity (Wildman–Crippen MR) is 63.7 cm³/mol. The summed E-state index contributed by atoms with van der Waals surface area (Å²) < 4.78 is 0. The molecule has 0 bridgehead atoms. The summed E-state index contributed by atoms with van der Waals surface area (Å²) >= 11 is 0. The molecular weight excluding hydrogens is 188 g/mol. The van der Waals surface area contributed by atoms with Crippen molar-refractivity contribution in [1.29, 1.82) is 0 Å². The number of ketones is 1. The third kappa shape index (κ3) is 8.37. The molecule has 88 valence electrons. The van der Waals surface area contributed by atoms with E-state index in [0.717, 1.165) is 6.42 Å². The van der Waals surface area contributed by atoms with E-state index >= 15 is 0 Å². The van der Waals surface area contributed by atoms with E-state index in [2.05, 4.69) is 13.8 Å². The van der Waals surface area contributed by atoms with Gasteiger partial charge >= 0.3 is 0 Å². The van der Waals surface area contributed by atoms with E-state index in [1.165, 1.54) is 0 Å². The molecule has 0 aromatic heterocycles. The average molecular weight is 212 g/mol. The summed E-state index contributed by atoms with van der Waals surface area (Å²) in [7, 11) is 0. The molecule has 0 aromatic carbocycles. The van der Waals surface area contributed by atoms with Gasteiger partial charge in [-0.15, -0.1) is 0 Å². The van der Waals surface area contributed by atoms with Crippen molar-refractivity contribution in [2.45, 2.75) is 53.1 Å². The fourth-order valence-electron chi connectivity index (χ4n) is 1.38. The molecule has 0 amide bonds. The van der Waals surface area contributed by atoms with Crippen LogP contribution < -0.4 is 0 Å². The van der Waals surface area contributed by atoms with Crippen LogP contribution in [0.2, 0.25) is 0 Å². The van der Waals surface area contributed by atoms with Crippen LogP contribution in [0, 0.1) is 11.8 Å². The molecule has 0 fully saturated rings. The van der Waals surface area contributed by atoms with E-state index in [4.69, 9.17) is 0 Å². The van der Waals surface area contributed by atoms with Gasteiger partial charge in [0, 0.05) is 6.42 Å². The van der Waals surface area contributed by atoms with Crippen molar-refractivity contribution >= 4 is 5.78 Å². The fraction of sp³-hybridized carbons (Fsp3) is 0.769. The largest absolute Gasteiger partial charge is 0.386 e. The Labute approximate surface area is 93.4 Å². The average Bonchev–Trinajstić information content (AvgIpc) is 2.00. The maximum absolute atomic E-state index is 10.9. The molecule has 0 rings (SSSR count). The summed E-state index contributed by atoms with van der Waals surface area (Å²) in [6.07, 6.45) is 5.35. The van der Waals surface area contributed by atoms with Gasteiger partial charge in [0.2, 0.25) is 0 Å². The molecule has 15 heavy (non-hydrogen) atoms. The van der Waals surface area contributed by atoms with Crippen LogP contribution in [0.1, 0.15) is 47.5 Å². The molecule has 0 aliphatic carbocycles. The summed E-state index contributed by atoms with van der Waals surface area (Å²) in [5, 5.41) is 9.57. The van der Waals surface area contributed by atoms with Crippen LogP contribution in [-0.2, 0) is 4.79 Å². The first kappa shape index (κ1) is 14.4. The second-order valence-electron chi connectivity index (χ2n) is 5.16. The number of carbonyl (C=O) groups is 1. The summed E-state index contributed by atoms with van der Waals surface area (Å²) in [6.45, 7) is 9.41. The highest BCUT2D eigenvalue weighted by molar-refractivity contribution is 5.75. The fourth-order valence-corrected chi connectivity index (χ4v) is 1.38. The van der Waals surface area contributed by atoms with E-state index in [9.17, 15) is 9.90 Å². The topological polar surface area (TPSA) is 37.3 Å². The molecule has 0 aliphatic rings. The van der Waals surface area contributed by atoms with Crippen molar-refractivity contribution in [3.63, 3.8) is 0 Å². The van der Waals surface area contributed by atoms with Crippen LogP contribution in [0.3, 0.4) is 0 Å². The molecule has 1 N–H and O–H groups in total. The first-order valence-electron chi connectivity index (χ1n) is 5.63. The van der Waals surface area contributed by atoms with Gasteiger partial charge in [-0.3, -0.25) is 0 Å². The smallest absolute Gasteiger partial charge is 0.129 e. The number of allylic oxidation sites excluding steroid dienone is 1. The van der Waals surface area contributed by atoms with E-state index in [-0.39, 0.29) is 5.78 Å². The van der Waals surface area contributed by atoms with Crippen molar-refractivity contribution < 1.29 is 9.90 Å². The summed E-state index contributed by atoms with van der Waals surface area (Å²) in [4.78, 5) is 10.9. The minimum absolute atomic E-state index is 0.234. The maximum atomic E-state index is 10.9. The van der Waals surface area contributed by atoms with Crippen molar-refractivity contribution in [1.82, 2.24) is 0 Å². The lowest BCUT2D eigenvalue weighted by Gasteiger charge is -2.18. The van der Waals surface area contributed by atoms with Gasteiger partial charge in [0.25, 0.3) is 0 Å². The zero-order valence-corrected chi connectivity index (χ0v) is 10.6. The van der Waals surface area contributed by atoms with Crippen LogP contribution in [0.5, 0.6) is 0 Å². The Hall–Kier alpha value is -0.630. The molecule has 0 heterocycles. The highest BCUT2D eigenvalue weighted by Crippen LogP contribution is 2.20. The number of rotatable bonds is 6. The van der Waals surface area contributed by atoms with Gasteiger partial charge in [-0.05, 0) is 39.0 Å². The van der Waals surface area contributed by atoms with Gasteiger partial charge in [0.15, 0.2) is 0 Å². The first-order chi connectivity index (χ1) is 6.72. The second-order valence-corrected chi connectivity index (χ2v) is 5.16. The highest BCUT2D eigenvalue weighted by Gasteiger charge is 2.13. The van der Waals surface area contributed by atoms with Gasteiger partial charge in [-0.1, -0.05) is 26.0 Å². The third-order valence-corrected chi connectivity index (χ3v) is 2.44. The quantitative estimate of drug-likeness (QED) is 0.687. The molecule has 0 spiro atoms. The Kier molecular flexibility index (Phi) is 5.81. The molecule has 1 unspecified atom stereocenters. The number of Topliss-reactive ketones (excluding diaryl/α,β-unsaturated/α-hetero) is 1. The summed E-state index contributed by atoms with van der Waals surface area (Å²) in [5.41, 5.74) is -0.761. The summed E-state index contributed by atoms with van der Waals surface area (Å²) in [5.74, 6) is 1.11. The van der Waals surface area contributed by atoms with Crippen LogP contribution >= 0.6 is 0 Å². The zero-order chi connectivity index (χ0) is 12.1. The maximum Gasteiger partial charge on any atom is 0.129 e. The van der Waals surface area contributed by atoms with Crippen molar-refractivity contribution in [2.24, 2.45) is 11.8 Å². The molecule has 0 saturated carbocycles. The lowest BCUT2D eigenvalue weighted by atomic mass is 9.89. The Morgan fingerprint density at radius 3 is 2.27 bits per heavy atom. The highest BCUT2D eigenvalue weighted by atomic mass is 16.3. The van der Waals surface area contributed by atoms with E-state index < -0.39 is 5.60 Å². The van der Waals surface area contributed by atoms with Crippen LogP contribution in [0.15, 0.2) is 12.2 Å². The molecule has 0 saturated heterocycles. The first-order valence-corrected chi connectivity index (χ1v) is 5.63. The zero-order valence-electron chi connectivity index (χ0n) is 10.6. The second kappa shape index (κ2) is 6.06. The van der Waals surface area contributed by atoms with Gasteiger partial charge in [0.1, 0.15) is 5.78 Å². The molecule has 2 heteroatoms. The van der Waals surface area contributed by atoms with Crippen molar-refractivity contribution in [3.05, 3.63) is 12.2 Å². The normalized spacial score (nSPS) is 14.9. The Morgan fingerprint density at radius 1 is 1.40 bits per heavy atom. The van der Waals surface area contributed by atoms with Crippen LogP contribution in [-0.4, -0.2) is 16.5 Å². The molecule has 1 atom stereocenters. The van der Waals surface area contributed by atoms with Gasteiger partial charge in [-0.2, -0.15) is 0 Å². The van der Waals surface area contributed by atoms with Crippen molar-refractivity contribution in [2.75, 3.05) is 0 Å². The molecule has 0 aromatic rings.